The van der Waals surface area contributed by atoms with Gasteiger partial charge in [-0.05, 0) is 103 Å². The summed E-state index contributed by atoms with van der Waals surface area (Å²) in [4.78, 5) is 12.6. The summed E-state index contributed by atoms with van der Waals surface area (Å²) >= 11 is 0. The van der Waals surface area contributed by atoms with Crippen LogP contribution in [-0.4, -0.2) is 30.7 Å². The minimum absolute atomic E-state index is 0.0956. The number of hydrogen-bond donors (Lipinski definition) is 1. The number of ether oxygens (including phenoxy) is 3. The Hall–Kier alpha value is -1.92. The summed E-state index contributed by atoms with van der Waals surface area (Å²) in [5.74, 6) is 3.14. The molecule has 0 unspecified atom stereocenters. The van der Waals surface area contributed by atoms with E-state index in [1.165, 1.54) is 43.4 Å². The molecule has 2 heterocycles. The van der Waals surface area contributed by atoms with E-state index in [1.807, 2.05) is 0 Å². The number of allylic oxidation sites excluding steroid dienone is 1. The summed E-state index contributed by atoms with van der Waals surface area (Å²) in [5.41, 5.74) is 2.75. The van der Waals surface area contributed by atoms with Gasteiger partial charge in [-0.1, -0.05) is 51.5 Å². The lowest BCUT2D eigenvalue weighted by Gasteiger charge is -2.58. The Kier molecular flexibility index (Phi) is 6.85. The van der Waals surface area contributed by atoms with Crippen molar-refractivity contribution in [2.45, 2.75) is 110 Å². The lowest BCUT2D eigenvalue weighted by Crippen LogP contribution is -2.52. The molecule has 1 aromatic carbocycles. The molecule has 1 spiro atoms. The Bertz CT molecular complexity index is 1210. The second-order valence-electron chi connectivity index (χ2n) is 15.0. The number of rotatable bonds is 3. The van der Waals surface area contributed by atoms with Gasteiger partial charge in [0.2, 0.25) is 0 Å². The van der Waals surface area contributed by atoms with Gasteiger partial charge in [-0.2, -0.15) is 0 Å². The van der Waals surface area contributed by atoms with Crippen molar-refractivity contribution in [2.75, 3.05) is 6.61 Å². The van der Waals surface area contributed by atoms with E-state index >= 15 is 0 Å². The highest BCUT2D eigenvalue weighted by atomic mass is 19.1. The molecule has 5 nitrogen and oxygen atoms in total. The third-order valence-electron chi connectivity index (χ3n) is 12.9. The molecule has 7 rings (SSSR count). The fourth-order valence-electron chi connectivity index (χ4n) is 10.8. The molecule has 0 aromatic heterocycles. The summed E-state index contributed by atoms with van der Waals surface area (Å²) < 4.78 is 32.8. The molecule has 2 saturated heterocycles. The highest BCUT2D eigenvalue weighted by molar-refractivity contribution is 5.67. The van der Waals surface area contributed by atoms with E-state index in [1.54, 1.807) is 12.1 Å². The van der Waals surface area contributed by atoms with E-state index in [-0.39, 0.29) is 29.7 Å². The number of nitrogens with one attached hydrogen (secondary N) is 1. The molecular weight excluding hydrogens is 517 g/mol. The van der Waals surface area contributed by atoms with Crippen LogP contribution in [0.15, 0.2) is 35.9 Å². The first-order valence-electron chi connectivity index (χ1n) is 16.3. The predicted molar refractivity (Wildman–Crippen MR) is 155 cm³/mol. The van der Waals surface area contributed by atoms with Gasteiger partial charge in [-0.3, -0.25) is 0 Å². The van der Waals surface area contributed by atoms with Crippen molar-refractivity contribution >= 4 is 6.09 Å². The Morgan fingerprint density at radius 3 is 2.76 bits per heavy atom. The van der Waals surface area contributed by atoms with Gasteiger partial charge in [0.25, 0.3) is 0 Å². The first-order valence-corrected chi connectivity index (χ1v) is 16.3. The Balaban J connectivity index is 1.01. The van der Waals surface area contributed by atoms with E-state index in [4.69, 9.17) is 14.2 Å². The predicted octanol–water partition coefficient (Wildman–Crippen LogP) is 7.79. The molecule has 5 fully saturated rings. The summed E-state index contributed by atoms with van der Waals surface area (Å²) in [6.07, 6.45) is 12.3. The molecule has 6 aliphatic rings. The Labute approximate surface area is 245 Å². The largest absolute Gasteiger partial charge is 0.446 e. The number of carbonyl (C=O) groups excluding carboxylic acids is 1. The monoisotopic (exact) mass is 565 g/mol. The Morgan fingerprint density at radius 1 is 1.12 bits per heavy atom. The number of fused-ring (bicyclic) bond motifs is 7. The standard InChI is InChI=1S/C35H48FNO4/c1-21-10-15-35(39-20-21)22(2)31-30(41-35)18-29-27-9-8-24-17-26(11-13-33(24,3)28(27)12-14-34(29,31)4)40-32(38)37-19-23-6-5-7-25(36)16-23/h5-8,16,21-22,26-31H,9-15,17-20H2,1-4H3,(H,37,38)/t21-,22+,26+,27-,28+,29+,30+,31+,33+,34+,35-/m1/s1. The van der Waals surface area contributed by atoms with Crippen LogP contribution < -0.4 is 5.32 Å². The molecule has 2 aliphatic heterocycles. The van der Waals surface area contributed by atoms with E-state index in [0.717, 1.165) is 44.3 Å². The van der Waals surface area contributed by atoms with Gasteiger partial charge in [0.15, 0.2) is 5.79 Å². The summed E-state index contributed by atoms with van der Waals surface area (Å²) in [7, 11) is 0. The van der Waals surface area contributed by atoms with Crippen LogP contribution in [0.4, 0.5) is 9.18 Å². The second-order valence-corrected chi connectivity index (χ2v) is 15.0. The maximum Gasteiger partial charge on any atom is 0.407 e. The van der Waals surface area contributed by atoms with Gasteiger partial charge in [0, 0.05) is 25.3 Å². The number of alkyl carbamates (subject to hydrolysis) is 1. The number of halogens is 1. The number of hydrogen-bond acceptors (Lipinski definition) is 4. The molecule has 1 aromatic rings. The number of amides is 1. The van der Waals surface area contributed by atoms with Crippen LogP contribution in [0, 0.1) is 52.2 Å². The molecule has 1 amide bonds. The molecule has 41 heavy (non-hydrogen) atoms. The van der Waals surface area contributed by atoms with Crippen LogP contribution in [-0.2, 0) is 20.8 Å². The van der Waals surface area contributed by atoms with Gasteiger partial charge < -0.3 is 19.5 Å². The normalized spacial score (nSPS) is 46.6. The molecular formula is C35H48FNO4. The fraction of sp³-hybridized carbons (Fsp3) is 0.743. The summed E-state index contributed by atoms with van der Waals surface area (Å²) in [5, 5.41) is 2.81. The lowest BCUT2D eigenvalue weighted by atomic mass is 9.47. The van der Waals surface area contributed by atoms with Crippen LogP contribution in [0.25, 0.3) is 0 Å². The number of carbonyl (C=O) groups is 1. The smallest absolute Gasteiger partial charge is 0.407 e. The fourth-order valence-corrected chi connectivity index (χ4v) is 10.8. The molecule has 4 aliphatic carbocycles. The van der Waals surface area contributed by atoms with Gasteiger partial charge in [0.1, 0.15) is 11.9 Å². The van der Waals surface area contributed by atoms with Crippen molar-refractivity contribution in [3.05, 3.63) is 47.3 Å². The lowest BCUT2D eigenvalue weighted by molar-refractivity contribution is -0.272. The SMILES string of the molecule is C[C@@H]1CC[C@@]2(OC1)O[C@H]1C[C@H]3[C@@H]4CC=C5C[C@@H](OC(=O)NCc6cccc(F)c6)CC[C@]5(C)[C@H]4CC[C@]3(C)[C@H]1[C@@H]2C. The van der Waals surface area contributed by atoms with Crippen LogP contribution in [0.2, 0.25) is 0 Å². The molecule has 224 valence electrons. The Morgan fingerprint density at radius 2 is 1.98 bits per heavy atom. The van der Waals surface area contributed by atoms with Crippen molar-refractivity contribution in [3.63, 3.8) is 0 Å². The van der Waals surface area contributed by atoms with Crippen LogP contribution in [0.3, 0.4) is 0 Å². The maximum absolute atomic E-state index is 13.5. The second kappa shape index (κ2) is 10.1. The molecule has 6 heteroatoms. The third-order valence-corrected chi connectivity index (χ3v) is 12.9. The first kappa shape index (κ1) is 27.9. The molecule has 11 atom stereocenters. The van der Waals surface area contributed by atoms with E-state index in [2.05, 4.69) is 39.1 Å². The number of benzene rings is 1. The quantitative estimate of drug-likeness (QED) is 0.380. The molecule has 3 saturated carbocycles. The van der Waals surface area contributed by atoms with Crippen LogP contribution >= 0.6 is 0 Å². The van der Waals surface area contributed by atoms with Crippen molar-refractivity contribution in [1.29, 1.82) is 0 Å². The minimum atomic E-state index is -0.411. The average Bonchev–Trinajstić information content (AvgIpc) is 3.39. The summed E-state index contributed by atoms with van der Waals surface area (Å²) in [6.45, 7) is 10.9. The summed E-state index contributed by atoms with van der Waals surface area (Å²) in [6, 6.07) is 6.31. The van der Waals surface area contributed by atoms with E-state index in [9.17, 15) is 9.18 Å². The molecule has 0 bridgehead atoms. The highest BCUT2D eigenvalue weighted by Crippen LogP contribution is 2.70. The zero-order chi connectivity index (χ0) is 28.6. The van der Waals surface area contributed by atoms with Gasteiger partial charge in [-0.15, -0.1) is 0 Å². The zero-order valence-corrected chi connectivity index (χ0v) is 25.3. The minimum Gasteiger partial charge on any atom is -0.446 e. The van der Waals surface area contributed by atoms with Crippen molar-refractivity contribution in [3.8, 4) is 0 Å². The van der Waals surface area contributed by atoms with Gasteiger partial charge >= 0.3 is 6.09 Å². The topological polar surface area (TPSA) is 56.8 Å². The third kappa shape index (κ3) is 4.49. The van der Waals surface area contributed by atoms with Crippen LogP contribution in [0.1, 0.15) is 91.0 Å². The first-order chi connectivity index (χ1) is 19.6. The average molecular weight is 566 g/mol. The van der Waals surface area contributed by atoms with E-state index < -0.39 is 6.09 Å². The van der Waals surface area contributed by atoms with E-state index in [0.29, 0.717) is 47.0 Å². The zero-order valence-electron chi connectivity index (χ0n) is 25.3. The van der Waals surface area contributed by atoms with Crippen molar-refractivity contribution in [1.82, 2.24) is 5.32 Å². The van der Waals surface area contributed by atoms with Crippen molar-refractivity contribution < 1.29 is 23.4 Å². The maximum atomic E-state index is 13.5. The highest BCUT2D eigenvalue weighted by Gasteiger charge is 2.68. The molecule has 1 N–H and O–H groups in total. The van der Waals surface area contributed by atoms with Crippen LogP contribution in [0.5, 0.6) is 0 Å². The van der Waals surface area contributed by atoms with Crippen molar-refractivity contribution in [2.24, 2.45) is 46.3 Å². The molecule has 0 radical (unpaired) electrons. The van der Waals surface area contributed by atoms with Gasteiger partial charge in [-0.25, -0.2) is 9.18 Å². The van der Waals surface area contributed by atoms with Gasteiger partial charge in [0.05, 0.1) is 12.7 Å².